The molecule has 0 bridgehead atoms. The predicted molar refractivity (Wildman–Crippen MR) is 278 cm³/mol. The van der Waals surface area contributed by atoms with Crippen LogP contribution in [0.5, 0.6) is 0 Å². The van der Waals surface area contributed by atoms with Crippen molar-refractivity contribution in [2.75, 3.05) is 12.4 Å². The van der Waals surface area contributed by atoms with Crippen LogP contribution in [-0.4, -0.2) is 7.05 Å². The molecule has 0 amide bonds. The zero-order valence-corrected chi connectivity index (χ0v) is 36.7. The van der Waals surface area contributed by atoms with Crippen molar-refractivity contribution in [1.29, 1.82) is 0 Å². The first-order valence-corrected chi connectivity index (χ1v) is 22.2. The van der Waals surface area contributed by atoms with Crippen LogP contribution in [0.4, 0.5) is 5.69 Å². The number of benzene rings is 8. The van der Waals surface area contributed by atoms with Crippen molar-refractivity contribution in [1.82, 2.24) is 0 Å². The van der Waals surface area contributed by atoms with Gasteiger partial charge in [-0.3, -0.25) is 0 Å². The topological polar surface area (TPSA) is 12.0 Å². The molecule has 64 heavy (non-hydrogen) atoms. The number of hydrogen-bond acceptors (Lipinski definition) is 1. The average Bonchev–Trinajstić information content (AvgIpc) is 3.42. The van der Waals surface area contributed by atoms with Crippen LogP contribution >= 0.6 is 0 Å². The average molecular weight is 826 g/mol. The normalized spacial score (nSPS) is 17.9. The van der Waals surface area contributed by atoms with Gasteiger partial charge in [0.25, 0.3) is 0 Å². The maximum Gasteiger partial charge on any atom is 0.0337 e. The second-order valence-electron chi connectivity index (χ2n) is 16.2. The summed E-state index contributed by atoms with van der Waals surface area (Å²) in [7, 11) is 1.91. The van der Waals surface area contributed by atoms with E-state index in [1.807, 2.05) is 37.4 Å². The van der Waals surface area contributed by atoms with Gasteiger partial charge in [0.05, 0.1) is 0 Å². The molecule has 8 aromatic carbocycles. The molecule has 2 aliphatic rings. The van der Waals surface area contributed by atoms with E-state index in [2.05, 4.69) is 237 Å². The lowest BCUT2D eigenvalue weighted by atomic mass is 9.65. The molecule has 8 aromatic rings. The highest BCUT2D eigenvalue weighted by atomic mass is 14.8. The largest absolute Gasteiger partial charge is 0.388 e. The molecule has 0 aromatic heterocycles. The van der Waals surface area contributed by atoms with Crippen LogP contribution in [0.2, 0.25) is 0 Å². The minimum absolute atomic E-state index is 0.105. The van der Waals surface area contributed by atoms with E-state index in [0.717, 1.165) is 24.1 Å². The van der Waals surface area contributed by atoms with Crippen molar-refractivity contribution >= 4 is 45.8 Å². The standard InChI is InChI=1S/C54H42.C7H9N.C2H4/c1-39-27-29-42(45-23-14-24-48(35-45)51(43-18-6-3-7-19-43)30-28-40-15-4-2-5-16-40)32-34-54(52-26-13-12-25-50(39)52)33-31-41-17-8-9-20-44(41)36-49-37-46-21-10-11-22-47(46)38-53(49)54;1-8-7-5-3-2-4-6-7;1-2/h2-32,35-38,51H,1,33-34H2;2-6,8H,1H3;1-2H2/b29-27-,30-28-,41-31-,42-32+,44-36-;;. The Bertz CT molecular complexity index is 3080. The molecule has 0 saturated carbocycles. The molecule has 2 unspecified atom stereocenters. The highest BCUT2D eigenvalue weighted by Crippen LogP contribution is 2.47. The maximum absolute atomic E-state index is 4.69. The minimum Gasteiger partial charge on any atom is -0.388 e. The van der Waals surface area contributed by atoms with E-state index >= 15 is 0 Å². The zero-order valence-electron chi connectivity index (χ0n) is 36.7. The Balaban J connectivity index is 0.000000502. The fourth-order valence-electron chi connectivity index (χ4n) is 9.13. The molecule has 2 atom stereocenters. The van der Waals surface area contributed by atoms with Gasteiger partial charge < -0.3 is 5.32 Å². The fraction of sp³-hybridized carbons (Fsp3) is 0.0794. The molecule has 1 heteroatoms. The number of rotatable bonds is 6. The van der Waals surface area contributed by atoms with Gasteiger partial charge in [-0.25, -0.2) is 0 Å². The molecule has 2 aliphatic carbocycles. The van der Waals surface area contributed by atoms with Crippen LogP contribution in [-0.2, 0) is 5.41 Å². The van der Waals surface area contributed by atoms with E-state index in [0.29, 0.717) is 0 Å². The molecule has 0 heterocycles. The first-order valence-electron chi connectivity index (χ1n) is 22.2. The Labute approximate surface area is 379 Å². The third kappa shape index (κ3) is 9.50. The van der Waals surface area contributed by atoms with Crippen LogP contribution < -0.4 is 15.8 Å². The quantitative estimate of drug-likeness (QED) is 0.165. The molecule has 312 valence electrons. The number of fused-ring (bicyclic) bond motifs is 6. The van der Waals surface area contributed by atoms with Gasteiger partial charge in [-0.15, -0.1) is 13.2 Å². The van der Waals surface area contributed by atoms with Gasteiger partial charge in [0.15, 0.2) is 0 Å². The molecule has 0 fully saturated rings. The predicted octanol–water partition coefficient (Wildman–Crippen LogP) is 14.6. The minimum atomic E-state index is -0.344. The highest BCUT2D eigenvalue weighted by Gasteiger charge is 2.37. The number of para-hydroxylation sites is 1. The van der Waals surface area contributed by atoms with E-state index in [-0.39, 0.29) is 11.3 Å². The summed E-state index contributed by atoms with van der Waals surface area (Å²) in [6.45, 7) is 10.7. The summed E-state index contributed by atoms with van der Waals surface area (Å²) in [5.41, 5.74) is 13.1. The lowest BCUT2D eigenvalue weighted by Crippen LogP contribution is -2.34. The summed E-state index contributed by atoms with van der Waals surface area (Å²) < 4.78 is 0. The van der Waals surface area contributed by atoms with Crippen LogP contribution in [0.3, 0.4) is 0 Å². The fourth-order valence-corrected chi connectivity index (χ4v) is 9.13. The maximum atomic E-state index is 4.69. The molecule has 0 radical (unpaired) electrons. The third-order valence-electron chi connectivity index (χ3n) is 12.4. The summed E-state index contributed by atoms with van der Waals surface area (Å²) in [6.07, 6.45) is 18.1. The van der Waals surface area contributed by atoms with Crippen molar-refractivity contribution in [3.63, 3.8) is 0 Å². The van der Waals surface area contributed by atoms with Crippen LogP contribution in [0.1, 0.15) is 63.3 Å². The van der Waals surface area contributed by atoms with Crippen LogP contribution in [0, 0.1) is 0 Å². The summed E-state index contributed by atoms with van der Waals surface area (Å²) in [5, 5.41) is 8.08. The number of anilines is 1. The second-order valence-corrected chi connectivity index (χ2v) is 16.2. The van der Waals surface area contributed by atoms with E-state index in [1.54, 1.807) is 0 Å². The van der Waals surface area contributed by atoms with Crippen LogP contribution in [0.25, 0.3) is 40.1 Å². The van der Waals surface area contributed by atoms with E-state index in [1.165, 1.54) is 71.3 Å². The summed E-state index contributed by atoms with van der Waals surface area (Å²) in [4.78, 5) is 0. The van der Waals surface area contributed by atoms with Crippen LogP contribution in [0.15, 0.2) is 244 Å². The van der Waals surface area contributed by atoms with Crippen molar-refractivity contribution in [3.05, 3.63) is 299 Å². The van der Waals surface area contributed by atoms with E-state index in [9.17, 15) is 0 Å². The van der Waals surface area contributed by atoms with Gasteiger partial charge in [-0.2, -0.15) is 0 Å². The van der Waals surface area contributed by atoms with Gasteiger partial charge in [0, 0.05) is 24.1 Å². The molecule has 10 rings (SSSR count). The Hall–Kier alpha value is -7.74. The van der Waals surface area contributed by atoms with Crippen molar-refractivity contribution in [3.8, 4) is 0 Å². The van der Waals surface area contributed by atoms with Crippen molar-refractivity contribution in [2.24, 2.45) is 0 Å². The Morgan fingerprint density at radius 1 is 0.547 bits per heavy atom. The third-order valence-corrected chi connectivity index (χ3v) is 12.4. The van der Waals surface area contributed by atoms with Gasteiger partial charge in [0.2, 0.25) is 0 Å². The SMILES string of the molecule is C=C.C=C1/C=C\C(c2cccc(C(/C=C\c3ccccc3)c3ccccc3)c2)=C/CC2(C/C=c3/cccc/c3=C/c3cc4ccccc4cc32)c2ccccc21.CNc1ccccc1. The van der Waals surface area contributed by atoms with Gasteiger partial charge >= 0.3 is 0 Å². The Morgan fingerprint density at radius 2 is 1.16 bits per heavy atom. The molecule has 1 nitrogen and oxygen atoms in total. The number of hydrogen-bond donors (Lipinski definition) is 1. The van der Waals surface area contributed by atoms with Gasteiger partial charge in [0.1, 0.15) is 0 Å². The zero-order chi connectivity index (χ0) is 44.1. The monoisotopic (exact) mass is 825 g/mol. The highest BCUT2D eigenvalue weighted by molar-refractivity contribution is 5.89. The van der Waals surface area contributed by atoms with E-state index in [4.69, 9.17) is 0 Å². The van der Waals surface area contributed by atoms with Crippen molar-refractivity contribution < 1.29 is 0 Å². The van der Waals surface area contributed by atoms with Gasteiger partial charge in [-0.1, -0.05) is 219 Å². The molecule has 0 saturated heterocycles. The Morgan fingerprint density at radius 3 is 1.89 bits per heavy atom. The molecular weight excluding hydrogens is 771 g/mol. The van der Waals surface area contributed by atoms with Crippen molar-refractivity contribution in [2.45, 2.75) is 24.2 Å². The number of allylic oxidation sites excluding steroid dienone is 6. The number of nitrogens with one attached hydrogen (secondary N) is 1. The lowest BCUT2D eigenvalue weighted by molar-refractivity contribution is 0.539. The summed E-state index contributed by atoms with van der Waals surface area (Å²) in [6, 6.07) is 72.0. The summed E-state index contributed by atoms with van der Waals surface area (Å²) >= 11 is 0. The first kappa shape index (κ1) is 42.9. The lowest BCUT2D eigenvalue weighted by Gasteiger charge is -2.37. The smallest absolute Gasteiger partial charge is 0.0337 e. The molecule has 1 N–H and O–H groups in total. The Kier molecular flexibility index (Phi) is 13.7. The molecule has 1 spiro atoms. The van der Waals surface area contributed by atoms with Gasteiger partial charge in [-0.05, 0) is 120 Å². The molecule has 0 aliphatic heterocycles. The first-order chi connectivity index (χ1) is 31.6. The van der Waals surface area contributed by atoms with E-state index < -0.39 is 0 Å². The molecular formula is C63H55N. The summed E-state index contributed by atoms with van der Waals surface area (Å²) in [5.74, 6) is 0.105. The second kappa shape index (κ2) is 20.4.